The third-order valence-electron chi connectivity index (χ3n) is 4.73. The molecular weight excluding hydrogens is 340 g/mol. The smallest absolute Gasteiger partial charge is 0.147 e. The minimum Gasteiger partial charge on any atom is -0.368 e. The summed E-state index contributed by atoms with van der Waals surface area (Å²) in [6, 6.07) is 19.1. The van der Waals surface area contributed by atoms with Crippen LogP contribution in [0.3, 0.4) is 0 Å². The van der Waals surface area contributed by atoms with Gasteiger partial charge in [0.2, 0.25) is 0 Å². The number of hydrogen-bond donors (Lipinski definition) is 0. The van der Waals surface area contributed by atoms with E-state index in [1.54, 1.807) is 11.8 Å². The van der Waals surface area contributed by atoms with Crippen molar-refractivity contribution in [3.05, 3.63) is 67.0 Å². The number of para-hydroxylation sites is 1. The molecule has 2 aromatic carbocycles. The van der Waals surface area contributed by atoms with E-state index in [1.165, 1.54) is 10.6 Å². The largest absolute Gasteiger partial charge is 0.368 e. The minimum atomic E-state index is 0.931. The zero-order valence-electron chi connectivity index (χ0n) is 14.9. The Morgan fingerprint density at radius 2 is 1.50 bits per heavy atom. The zero-order valence-corrected chi connectivity index (χ0v) is 15.7. The molecule has 0 amide bonds. The van der Waals surface area contributed by atoms with E-state index in [-0.39, 0.29) is 0 Å². The van der Waals surface area contributed by atoms with E-state index < -0.39 is 0 Å². The van der Waals surface area contributed by atoms with Gasteiger partial charge in [-0.25, -0.2) is 4.98 Å². The normalized spacial score (nSPS) is 14.5. The summed E-state index contributed by atoms with van der Waals surface area (Å²) in [5.41, 5.74) is 3.33. The number of nitrogens with zero attached hydrogens (tertiary/aromatic N) is 4. The maximum atomic E-state index is 4.86. The molecule has 4 nitrogen and oxygen atoms in total. The van der Waals surface area contributed by atoms with Crippen molar-refractivity contribution in [2.24, 2.45) is 0 Å². The molecule has 0 bridgehead atoms. The first-order valence-electron chi connectivity index (χ1n) is 8.85. The Hall–Kier alpha value is -2.53. The summed E-state index contributed by atoms with van der Waals surface area (Å²) in [6.07, 6.45) is 5.81. The van der Waals surface area contributed by atoms with Crippen LogP contribution in [-0.4, -0.2) is 42.4 Å². The summed E-state index contributed by atoms with van der Waals surface area (Å²) in [6.45, 7) is 3.91. The van der Waals surface area contributed by atoms with E-state index >= 15 is 0 Å². The van der Waals surface area contributed by atoms with Crippen molar-refractivity contribution in [2.75, 3.05) is 42.2 Å². The van der Waals surface area contributed by atoms with Crippen LogP contribution in [-0.2, 0) is 0 Å². The third-order valence-corrected chi connectivity index (χ3v) is 5.48. The summed E-state index contributed by atoms with van der Waals surface area (Å²) >= 11 is 1.75. The average Bonchev–Trinajstić information content (AvgIpc) is 2.75. The summed E-state index contributed by atoms with van der Waals surface area (Å²) in [5, 5.41) is 0. The number of rotatable bonds is 4. The lowest BCUT2D eigenvalue weighted by Crippen LogP contribution is -2.46. The van der Waals surface area contributed by atoms with Gasteiger partial charge in [-0.3, -0.25) is 4.98 Å². The molecule has 132 valence electrons. The van der Waals surface area contributed by atoms with E-state index in [2.05, 4.69) is 75.6 Å². The molecule has 1 aliphatic heterocycles. The third kappa shape index (κ3) is 3.68. The summed E-state index contributed by atoms with van der Waals surface area (Å²) in [5.74, 6) is 0.962. The van der Waals surface area contributed by atoms with Crippen LogP contribution >= 0.6 is 11.8 Å². The van der Waals surface area contributed by atoms with Crippen LogP contribution in [0.1, 0.15) is 0 Å². The molecule has 1 aromatic heterocycles. The number of hydrogen-bond acceptors (Lipinski definition) is 5. The van der Waals surface area contributed by atoms with E-state index in [0.29, 0.717) is 0 Å². The quantitative estimate of drug-likeness (QED) is 0.650. The first-order valence-corrected chi connectivity index (χ1v) is 10.1. The second-order valence-corrected chi connectivity index (χ2v) is 7.18. The van der Waals surface area contributed by atoms with Gasteiger partial charge >= 0.3 is 0 Å². The fraction of sp³-hybridized carbons (Fsp3) is 0.238. The Morgan fingerprint density at radius 1 is 0.808 bits per heavy atom. The van der Waals surface area contributed by atoms with Gasteiger partial charge in [-0.2, -0.15) is 0 Å². The number of thioether (sulfide) groups is 1. The van der Waals surface area contributed by atoms with E-state index in [0.717, 1.165) is 43.3 Å². The van der Waals surface area contributed by atoms with Crippen molar-refractivity contribution in [2.45, 2.75) is 4.90 Å². The standard InChI is InChI=1S/C21H22N4S/c1-26-19-9-7-17(8-10-19)20-15-22-16-21(23-20)25-13-11-24(12-14-25)18-5-3-2-4-6-18/h2-10,15-16H,11-14H2,1H3. The van der Waals surface area contributed by atoms with Crippen LogP contribution in [0.15, 0.2) is 71.9 Å². The lowest BCUT2D eigenvalue weighted by atomic mass is 10.1. The highest BCUT2D eigenvalue weighted by atomic mass is 32.2. The molecule has 0 N–H and O–H groups in total. The van der Waals surface area contributed by atoms with Gasteiger partial charge in [-0.05, 0) is 30.5 Å². The maximum Gasteiger partial charge on any atom is 0.147 e. The molecule has 0 atom stereocenters. The first-order chi connectivity index (χ1) is 12.8. The molecule has 0 saturated carbocycles. The van der Waals surface area contributed by atoms with Gasteiger partial charge in [0, 0.05) is 42.3 Å². The topological polar surface area (TPSA) is 32.3 Å². The van der Waals surface area contributed by atoms with Gasteiger partial charge in [0.15, 0.2) is 0 Å². The number of benzene rings is 2. The Bertz CT molecular complexity index is 843. The molecule has 0 unspecified atom stereocenters. The highest BCUT2D eigenvalue weighted by molar-refractivity contribution is 7.98. The molecule has 4 rings (SSSR count). The Morgan fingerprint density at radius 3 is 2.19 bits per heavy atom. The predicted molar refractivity (Wildman–Crippen MR) is 110 cm³/mol. The Kier molecular flexibility index (Phi) is 5.07. The Balaban J connectivity index is 1.47. The highest BCUT2D eigenvalue weighted by Gasteiger charge is 2.18. The van der Waals surface area contributed by atoms with E-state index in [9.17, 15) is 0 Å². The molecule has 3 aromatic rings. The van der Waals surface area contributed by atoms with Gasteiger partial charge < -0.3 is 9.80 Å². The van der Waals surface area contributed by atoms with Gasteiger partial charge in [-0.15, -0.1) is 11.8 Å². The van der Waals surface area contributed by atoms with Gasteiger partial charge in [0.05, 0.1) is 18.1 Å². The van der Waals surface area contributed by atoms with Crippen molar-refractivity contribution in [3.8, 4) is 11.3 Å². The predicted octanol–water partition coefficient (Wildman–Crippen LogP) is 4.19. The van der Waals surface area contributed by atoms with Crippen LogP contribution < -0.4 is 9.80 Å². The highest BCUT2D eigenvalue weighted by Crippen LogP contribution is 2.24. The fourth-order valence-electron chi connectivity index (χ4n) is 3.24. The fourth-order valence-corrected chi connectivity index (χ4v) is 3.65. The number of aromatic nitrogens is 2. The van der Waals surface area contributed by atoms with Crippen molar-refractivity contribution in [1.29, 1.82) is 0 Å². The molecule has 0 aliphatic carbocycles. The molecule has 5 heteroatoms. The van der Waals surface area contributed by atoms with Crippen molar-refractivity contribution >= 4 is 23.3 Å². The number of piperazine rings is 1. The monoisotopic (exact) mass is 362 g/mol. The second-order valence-electron chi connectivity index (χ2n) is 6.30. The van der Waals surface area contributed by atoms with Crippen LogP contribution in [0.5, 0.6) is 0 Å². The van der Waals surface area contributed by atoms with E-state index in [1.807, 2.05) is 12.4 Å². The molecule has 1 aliphatic rings. The molecule has 1 saturated heterocycles. The van der Waals surface area contributed by atoms with Crippen LogP contribution in [0.25, 0.3) is 11.3 Å². The zero-order chi connectivity index (χ0) is 17.8. The van der Waals surface area contributed by atoms with Crippen LogP contribution in [0.2, 0.25) is 0 Å². The van der Waals surface area contributed by atoms with Gasteiger partial charge in [-0.1, -0.05) is 30.3 Å². The van der Waals surface area contributed by atoms with Crippen molar-refractivity contribution in [3.63, 3.8) is 0 Å². The van der Waals surface area contributed by atoms with Gasteiger partial charge in [0.25, 0.3) is 0 Å². The van der Waals surface area contributed by atoms with Gasteiger partial charge in [0.1, 0.15) is 5.82 Å². The Labute approximate surface area is 158 Å². The first kappa shape index (κ1) is 16.9. The molecule has 0 spiro atoms. The second kappa shape index (κ2) is 7.79. The number of anilines is 2. The average molecular weight is 363 g/mol. The molecule has 26 heavy (non-hydrogen) atoms. The van der Waals surface area contributed by atoms with Crippen LogP contribution in [0, 0.1) is 0 Å². The summed E-state index contributed by atoms with van der Waals surface area (Å²) < 4.78 is 0. The lowest BCUT2D eigenvalue weighted by molar-refractivity contribution is 0.646. The summed E-state index contributed by atoms with van der Waals surface area (Å²) in [4.78, 5) is 15.3. The molecule has 1 fully saturated rings. The SMILES string of the molecule is CSc1ccc(-c2cncc(N3CCN(c4ccccc4)CC3)n2)cc1. The van der Waals surface area contributed by atoms with Crippen LogP contribution in [0.4, 0.5) is 11.5 Å². The molecular formula is C21H22N4S. The minimum absolute atomic E-state index is 0.931. The molecule has 0 radical (unpaired) electrons. The lowest BCUT2D eigenvalue weighted by Gasteiger charge is -2.36. The maximum absolute atomic E-state index is 4.86. The summed E-state index contributed by atoms with van der Waals surface area (Å²) in [7, 11) is 0. The molecule has 2 heterocycles. The van der Waals surface area contributed by atoms with Crippen molar-refractivity contribution in [1.82, 2.24) is 9.97 Å². The van der Waals surface area contributed by atoms with E-state index in [4.69, 9.17) is 4.98 Å². The van der Waals surface area contributed by atoms with Crippen molar-refractivity contribution < 1.29 is 0 Å².